The number of nitrogens with zero attached hydrogens (tertiary/aromatic N) is 1. The number of anilines is 1. The average molecular weight is 307 g/mol. The standard InChI is InChI=1S/C15H15ClN2O3/c1-2-21-15-9-13(7-8-14(15)18(19)20)17-10-11-3-5-12(16)6-4-11/h3-9,17H,2,10H2,1H3. The van der Waals surface area contributed by atoms with Gasteiger partial charge in [-0.1, -0.05) is 23.7 Å². The Morgan fingerprint density at radius 2 is 1.95 bits per heavy atom. The van der Waals surface area contributed by atoms with Crippen LogP contribution in [-0.2, 0) is 6.54 Å². The maximum atomic E-state index is 10.9. The summed E-state index contributed by atoms with van der Waals surface area (Å²) in [7, 11) is 0. The van der Waals surface area contributed by atoms with E-state index >= 15 is 0 Å². The SMILES string of the molecule is CCOc1cc(NCc2ccc(Cl)cc2)ccc1[N+](=O)[O-]. The first-order valence-corrected chi connectivity index (χ1v) is 6.87. The smallest absolute Gasteiger partial charge is 0.311 e. The Hall–Kier alpha value is -2.27. The van der Waals surface area contributed by atoms with Gasteiger partial charge in [0.15, 0.2) is 5.75 Å². The second-order valence-corrected chi connectivity index (χ2v) is 4.79. The van der Waals surface area contributed by atoms with Crippen LogP contribution < -0.4 is 10.1 Å². The molecule has 1 N–H and O–H groups in total. The summed E-state index contributed by atoms with van der Waals surface area (Å²) in [4.78, 5) is 10.5. The first-order valence-electron chi connectivity index (χ1n) is 6.49. The van der Waals surface area contributed by atoms with Gasteiger partial charge in [-0.25, -0.2) is 0 Å². The van der Waals surface area contributed by atoms with E-state index < -0.39 is 4.92 Å². The molecule has 2 aromatic rings. The molecule has 0 saturated carbocycles. The second-order valence-electron chi connectivity index (χ2n) is 4.35. The second kappa shape index (κ2) is 6.95. The monoisotopic (exact) mass is 306 g/mol. The highest BCUT2D eigenvalue weighted by molar-refractivity contribution is 6.30. The molecule has 0 aromatic heterocycles. The highest BCUT2D eigenvalue weighted by atomic mass is 35.5. The van der Waals surface area contributed by atoms with Crippen molar-refractivity contribution >= 4 is 23.0 Å². The summed E-state index contributed by atoms with van der Waals surface area (Å²) in [5.41, 5.74) is 1.80. The van der Waals surface area contributed by atoms with Crippen molar-refractivity contribution < 1.29 is 9.66 Å². The Bertz CT molecular complexity index is 629. The van der Waals surface area contributed by atoms with E-state index in [2.05, 4.69) is 5.32 Å². The third kappa shape index (κ3) is 4.10. The Labute approximate surface area is 127 Å². The van der Waals surface area contributed by atoms with Crippen molar-refractivity contribution in [3.05, 3.63) is 63.2 Å². The molecule has 0 bridgehead atoms. The van der Waals surface area contributed by atoms with Crippen LogP contribution in [0.1, 0.15) is 12.5 Å². The first-order chi connectivity index (χ1) is 10.1. The molecule has 0 aliphatic rings. The van der Waals surface area contributed by atoms with Gasteiger partial charge in [-0.2, -0.15) is 0 Å². The molecule has 0 heterocycles. The number of halogens is 1. The number of benzene rings is 2. The van der Waals surface area contributed by atoms with Crippen LogP contribution in [0.15, 0.2) is 42.5 Å². The van der Waals surface area contributed by atoms with E-state index in [1.165, 1.54) is 6.07 Å². The fourth-order valence-electron chi connectivity index (χ4n) is 1.85. The Morgan fingerprint density at radius 3 is 2.57 bits per heavy atom. The van der Waals surface area contributed by atoms with Gasteiger partial charge in [-0.05, 0) is 30.7 Å². The van der Waals surface area contributed by atoms with Crippen LogP contribution in [0.4, 0.5) is 11.4 Å². The van der Waals surface area contributed by atoms with Crippen LogP contribution in [0.2, 0.25) is 5.02 Å². The molecular weight excluding hydrogens is 292 g/mol. The molecule has 0 saturated heterocycles. The summed E-state index contributed by atoms with van der Waals surface area (Å²) in [5.74, 6) is 0.267. The van der Waals surface area contributed by atoms with Crippen molar-refractivity contribution in [3.8, 4) is 5.75 Å². The fraction of sp³-hybridized carbons (Fsp3) is 0.200. The lowest BCUT2D eigenvalue weighted by atomic mass is 10.2. The number of nitrogens with one attached hydrogen (secondary N) is 1. The molecular formula is C15H15ClN2O3. The third-order valence-corrected chi connectivity index (χ3v) is 3.12. The van der Waals surface area contributed by atoms with Crippen LogP contribution in [0.5, 0.6) is 5.75 Å². The van der Waals surface area contributed by atoms with E-state index in [1.54, 1.807) is 19.1 Å². The molecule has 0 unspecified atom stereocenters. The molecule has 21 heavy (non-hydrogen) atoms. The largest absolute Gasteiger partial charge is 0.487 e. The van der Waals surface area contributed by atoms with Gasteiger partial charge in [0.2, 0.25) is 0 Å². The van der Waals surface area contributed by atoms with Gasteiger partial charge < -0.3 is 10.1 Å². The van der Waals surface area contributed by atoms with E-state index in [0.29, 0.717) is 18.2 Å². The predicted octanol–water partition coefficient (Wildman–Crippen LogP) is 4.26. The van der Waals surface area contributed by atoms with Crippen LogP contribution in [0, 0.1) is 10.1 Å². The molecule has 2 rings (SSSR count). The first kappa shape index (κ1) is 15.1. The maximum absolute atomic E-state index is 10.9. The van der Waals surface area contributed by atoms with Crippen molar-refractivity contribution in [2.24, 2.45) is 0 Å². The predicted molar refractivity (Wildman–Crippen MR) is 83.0 cm³/mol. The van der Waals surface area contributed by atoms with Gasteiger partial charge in [0.05, 0.1) is 11.5 Å². The summed E-state index contributed by atoms with van der Waals surface area (Å²) in [6.07, 6.45) is 0. The molecule has 0 radical (unpaired) electrons. The van der Waals surface area contributed by atoms with Gasteiger partial charge in [0, 0.05) is 29.4 Å². The van der Waals surface area contributed by atoms with Gasteiger partial charge in [0.25, 0.3) is 0 Å². The lowest BCUT2D eigenvalue weighted by Gasteiger charge is -2.09. The maximum Gasteiger partial charge on any atom is 0.311 e. The number of hydrogen-bond donors (Lipinski definition) is 1. The summed E-state index contributed by atoms with van der Waals surface area (Å²) >= 11 is 5.83. The van der Waals surface area contributed by atoms with Crippen molar-refractivity contribution in [2.75, 3.05) is 11.9 Å². The molecule has 6 heteroatoms. The van der Waals surface area contributed by atoms with Crippen LogP contribution >= 0.6 is 11.6 Å². The minimum Gasteiger partial charge on any atom is -0.487 e. The van der Waals surface area contributed by atoms with Gasteiger partial charge in [-0.15, -0.1) is 0 Å². The third-order valence-electron chi connectivity index (χ3n) is 2.87. The molecule has 110 valence electrons. The topological polar surface area (TPSA) is 64.4 Å². The zero-order chi connectivity index (χ0) is 15.2. The summed E-state index contributed by atoms with van der Waals surface area (Å²) in [6.45, 7) is 2.76. The molecule has 0 aliphatic heterocycles. The van der Waals surface area contributed by atoms with Crippen molar-refractivity contribution in [1.29, 1.82) is 0 Å². The Kier molecular flexibility index (Phi) is 5.00. The van der Waals surface area contributed by atoms with Crippen molar-refractivity contribution in [2.45, 2.75) is 13.5 Å². The molecule has 0 atom stereocenters. The highest BCUT2D eigenvalue weighted by Crippen LogP contribution is 2.30. The highest BCUT2D eigenvalue weighted by Gasteiger charge is 2.15. The minimum absolute atomic E-state index is 0.0334. The molecule has 5 nitrogen and oxygen atoms in total. The van der Waals surface area contributed by atoms with Gasteiger partial charge >= 0.3 is 5.69 Å². The summed E-state index contributed by atoms with van der Waals surface area (Å²) in [6, 6.07) is 12.2. The molecule has 0 fully saturated rings. The molecule has 0 amide bonds. The molecule has 0 spiro atoms. The van der Waals surface area contributed by atoms with E-state index in [4.69, 9.17) is 16.3 Å². The fourth-order valence-corrected chi connectivity index (χ4v) is 1.98. The van der Waals surface area contributed by atoms with Crippen molar-refractivity contribution in [3.63, 3.8) is 0 Å². The van der Waals surface area contributed by atoms with Crippen molar-refractivity contribution in [1.82, 2.24) is 0 Å². The van der Waals surface area contributed by atoms with Gasteiger partial charge in [0.1, 0.15) is 0 Å². The number of hydrogen-bond acceptors (Lipinski definition) is 4. The quantitative estimate of drug-likeness (QED) is 0.640. The van der Waals surface area contributed by atoms with Crippen LogP contribution in [-0.4, -0.2) is 11.5 Å². The van der Waals surface area contributed by atoms with Crippen LogP contribution in [0.3, 0.4) is 0 Å². The van der Waals surface area contributed by atoms with Gasteiger partial charge in [-0.3, -0.25) is 10.1 Å². The average Bonchev–Trinajstić information content (AvgIpc) is 2.47. The minimum atomic E-state index is -0.450. The number of rotatable bonds is 6. The molecule has 2 aromatic carbocycles. The number of ether oxygens (including phenoxy) is 1. The normalized spacial score (nSPS) is 10.2. The molecule has 0 aliphatic carbocycles. The van der Waals surface area contributed by atoms with Crippen LogP contribution in [0.25, 0.3) is 0 Å². The summed E-state index contributed by atoms with van der Waals surface area (Å²) < 4.78 is 5.31. The van der Waals surface area contributed by atoms with E-state index in [9.17, 15) is 10.1 Å². The number of nitro groups is 1. The summed E-state index contributed by atoms with van der Waals surface area (Å²) in [5, 5.41) is 14.8. The lowest BCUT2D eigenvalue weighted by molar-refractivity contribution is -0.385. The zero-order valence-electron chi connectivity index (χ0n) is 11.5. The number of nitro benzene ring substituents is 1. The Balaban J connectivity index is 2.11. The zero-order valence-corrected chi connectivity index (χ0v) is 12.3. The van der Waals surface area contributed by atoms with E-state index in [-0.39, 0.29) is 11.4 Å². The van der Waals surface area contributed by atoms with E-state index in [1.807, 2.05) is 24.3 Å². The Morgan fingerprint density at radius 1 is 1.24 bits per heavy atom. The lowest BCUT2D eigenvalue weighted by Crippen LogP contribution is -2.02. The van der Waals surface area contributed by atoms with E-state index in [0.717, 1.165) is 11.3 Å².